The zero-order valence-electron chi connectivity index (χ0n) is 17.1. The highest BCUT2D eigenvalue weighted by Gasteiger charge is 2.19. The summed E-state index contributed by atoms with van der Waals surface area (Å²) in [5.74, 6) is 2.07. The molecule has 3 aromatic rings. The molecule has 3 rings (SSSR count). The van der Waals surface area contributed by atoms with Crippen LogP contribution < -0.4 is 20.1 Å². The summed E-state index contributed by atoms with van der Waals surface area (Å²) in [6.45, 7) is 4.63. The Morgan fingerprint density at radius 1 is 1.00 bits per heavy atom. The minimum absolute atomic E-state index is 0.0867. The average Bonchev–Trinajstić information content (AvgIpc) is 2.75. The van der Waals surface area contributed by atoms with E-state index in [1.807, 2.05) is 19.1 Å². The zero-order chi connectivity index (χ0) is 22.3. The molecule has 0 bridgehead atoms. The van der Waals surface area contributed by atoms with E-state index in [4.69, 9.17) is 4.74 Å². The molecule has 11 heteroatoms. The number of sulfonamides is 1. The quantitative estimate of drug-likeness (QED) is 0.357. The third-order valence-electron chi connectivity index (χ3n) is 4.05. The maximum Gasteiger partial charge on any atom is 0.244 e. The lowest BCUT2D eigenvalue weighted by Crippen LogP contribution is -2.29. The molecular formula is C20H23BrN6O3S. The van der Waals surface area contributed by atoms with Gasteiger partial charge in [-0.2, -0.15) is 0 Å². The van der Waals surface area contributed by atoms with Crippen LogP contribution in [0.3, 0.4) is 0 Å². The molecule has 0 aliphatic rings. The maximum atomic E-state index is 12.6. The molecule has 164 valence electrons. The van der Waals surface area contributed by atoms with E-state index < -0.39 is 10.0 Å². The number of aromatic nitrogens is 3. The first-order valence-corrected chi connectivity index (χ1v) is 11.8. The molecule has 2 aromatic heterocycles. The molecule has 0 amide bonds. The van der Waals surface area contributed by atoms with Gasteiger partial charge in [-0.15, -0.1) is 10.2 Å². The Labute approximate surface area is 189 Å². The van der Waals surface area contributed by atoms with Crippen molar-refractivity contribution in [2.24, 2.45) is 0 Å². The number of hydrogen-bond donors (Lipinski definition) is 3. The van der Waals surface area contributed by atoms with Crippen molar-refractivity contribution in [3.8, 4) is 5.75 Å². The van der Waals surface area contributed by atoms with Crippen LogP contribution in [-0.4, -0.2) is 43.3 Å². The smallest absolute Gasteiger partial charge is 0.244 e. The summed E-state index contributed by atoms with van der Waals surface area (Å²) >= 11 is 3.30. The van der Waals surface area contributed by atoms with Gasteiger partial charge in [-0.1, -0.05) is 22.0 Å². The number of nitrogens with one attached hydrogen (secondary N) is 3. The molecule has 0 spiro atoms. The van der Waals surface area contributed by atoms with Crippen molar-refractivity contribution in [2.75, 3.05) is 30.3 Å². The molecule has 0 saturated carbocycles. The highest BCUT2D eigenvalue weighted by molar-refractivity contribution is 9.10. The second-order valence-electron chi connectivity index (χ2n) is 6.50. The molecule has 0 aliphatic heterocycles. The fourth-order valence-corrected chi connectivity index (χ4v) is 4.30. The van der Waals surface area contributed by atoms with Gasteiger partial charge in [0.1, 0.15) is 22.3 Å². The summed E-state index contributed by atoms with van der Waals surface area (Å²) in [4.78, 5) is 4.34. The van der Waals surface area contributed by atoms with Crippen LogP contribution in [0.15, 0.2) is 58.0 Å². The van der Waals surface area contributed by atoms with Crippen molar-refractivity contribution in [3.63, 3.8) is 0 Å². The van der Waals surface area contributed by atoms with E-state index in [9.17, 15) is 8.42 Å². The van der Waals surface area contributed by atoms with Crippen LogP contribution >= 0.6 is 15.9 Å². The van der Waals surface area contributed by atoms with Crippen molar-refractivity contribution in [3.05, 3.63) is 58.7 Å². The number of rotatable bonds is 10. The second kappa shape index (κ2) is 10.5. The normalized spacial score (nSPS) is 11.2. The molecule has 9 nitrogen and oxygen atoms in total. The van der Waals surface area contributed by atoms with Gasteiger partial charge >= 0.3 is 0 Å². The Bertz CT molecular complexity index is 1110. The van der Waals surface area contributed by atoms with Crippen molar-refractivity contribution in [1.82, 2.24) is 19.9 Å². The van der Waals surface area contributed by atoms with E-state index in [0.29, 0.717) is 40.8 Å². The summed E-state index contributed by atoms with van der Waals surface area (Å²) < 4.78 is 33.9. The first-order chi connectivity index (χ1) is 14.9. The van der Waals surface area contributed by atoms with Gasteiger partial charge in [0, 0.05) is 23.8 Å². The van der Waals surface area contributed by atoms with E-state index in [1.165, 1.54) is 6.07 Å². The number of ether oxygens (including phenoxy) is 1. The number of benzene rings is 1. The zero-order valence-corrected chi connectivity index (χ0v) is 19.5. The van der Waals surface area contributed by atoms with Gasteiger partial charge in [0.25, 0.3) is 0 Å². The average molecular weight is 507 g/mol. The van der Waals surface area contributed by atoms with Gasteiger partial charge in [0.05, 0.1) is 6.61 Å². The Balaban J connectivity index is 1.52. The van der Waals surface area contributed by atoms with Crippen LogP contribution in [0.5, 0.6) is 5.75 Å². The SMILES string of the molecule is CCOc1ccc(Br)cc1S(=O)(=O)NCCNc1ccc(Nc2ccc(C)cn2)nn1. The number of anilines is 3. The molecule has 3 N–H and O–H groups in total. The molecule has 0 saturated heterocycles. The van der Waals surface area contributed by atoms with Crippen LogP contribution in [0.25, 0.3) is 0 Å². The lowest BCUT2D eigenvalue weighted by atomic mass is 10.3. The van der Waals surface area contributed by atoms with Crippen molar-refractivity contribution in [2.45, 2.75) is 18.7 Å². The van der Waals surface area contributed by atoms with Crippen LogP contribution in [0.2, 0.25) is 0 Å². The Hall–Kier alpha value is -2.76. The molecule has 1 aromatic carbocycles. The summed E-state index contributed by atoms with van der Waals surface area (Å²) in [5, 5.41) is 14.3. The topological polar surface area (TPSA) is 118 Å². The fourth-order valence-electron chi connectivity index (χ4n) is 2.59. The molecular weight excluding hydrogens is 484 g/mol. The van der Waals surface area contributed by atoms with Gasteiger partial charge in [0.15, 0.2) is 5.82 Å². The summed E-state index contributed by atoms with van der Waals surface area (Å²) in [5.41, 5.74) is 1.07. The van der Waals surface area contributed by atoms with Crippen LogP contribution in [0.1, 0.15) is 12.5 Å². The Morgan fingerprint density at radius 3 is 2.42 bits per heavy atom. The van der Waals surface area contributed by atoms with Gasteiger partial charge < -0.3 is 15.4 Å². The van der Waals surface area contributed by atoms with Gasteiger partial charge in [-0.3, -0.25) is 0 Å². The first-order valence-electron chi connectivity index (χ1n) is 9.56. The summed E-state index contributed by atoms with van der Waals surface area (Å²) in [6, 6.07) is 12.2. The highest BCUT2D eigenvalue weighted by Crippen LogP contribution is 2.27. The monoisotopic (exact) mass is 506 g/mol. The number of pyridine rings is 1. The highest BCUT2D eigenvalue weighted by atomic mass is 79.9. The number of halogens is 1. The third kappa shape index (κ3) is 6.61. The van der Waals surface area contributed by atoms with Crippen LogP contribution in [0.4, 0.5) is 17.5 Å². The van der Waals surface area contributed by atoms with Crippen molar-refractivity contribution < 1.29 is 13.2 Å². The van der Waals surface area contributed by atoms with Crippen LogP contribution in [0, 0.1) is 6.92 Å². The summed E-state index contributed by atoms with van der Waals surface area (Å²) in [7, 11) is -3.73. The van der Waals surface area contributed by atoms with E-state index in [0.717, 1.165) is 5.56 Å². The molecule has 31 heavy (non-hydrogen) atoms. The predicted octanol–water partition coefficient (Wildman–Crippen LogP) is 3.48. The minimum atomic E-state index is -3.73. The third-order valence-corrected chi connectivity index (χ3v) is 6.03. The minimum Gasteiger partial charge on any atom is -0.492 e. The Morgan fingerprint density at radius 2 is 1.74 bits per heavy atom. The van der Waals surface area contributed by atoms with E-state index >= 15 is 0 Å². The molecule has 0 fully saturated rings. The van der Waals surface area contributed by atoms with E-state index in [-0.39, 0.29) is 11.4 Å². The number of hydrogen-bond acceptors (Lipinski definition) is 8. The maximum absolute atomic E-state index is 12.6. The van der Waals surface area contributed by atoms with Gasteiger partial charge in [-0.05, 0) is 55.8 Å². The number of nitrogens with zero attached hydrogens (tertiary/aromatic N) is 3. The summed E-state index contributed by atoms with van der Waals surface area (Å²) in [6.07, 6.45) is 1.76. The predicted molar refractivity (Wildman–Crippen MR) is 123 cm³/mol. The fraction of sp³-hybridized carbons (Fsp3) is 0.250. The number of aryl methyl sites for hydroxylation is 1. The molecule has 0 unspecified atom stereocenters. The first kappa shape index (κ1) is 22.9. The Kier molecular flexibility index (Phi) is 7.77. The van der Waals surface area contributed by atoms with E-state index in [2.05, 4.69) is 46.5 Å². The molecule has 0 aliphatic carbocycles. The molecule has 2 heterocycles. The molecule has 0 atom stereocenters. The van der Waals surface area contributed by atoms with Crippen LogP contribution in [-0.2, 0) is 10.0 Å². The van der Waals surface area contributed by atoms with Gasteiger partial charge in [0.2, 0.25) is 10.0 Å². The molecule has 0 radical (unpaired) electrons. The van der Waals surface area contributed by atoms with E-state index in [1.54, 1.807) is 37.4 Å². The van der Waals surface area contributed by atoms with Crippen molar-refractivity contribution in [1.29, 1.82) is 0 Å². The largest absolute Gasteiger partial charge is 0.492 e. The lowest BCUT2D eigenvalue weighted by Gasteiger charge is -2.13. The lowest BCUT2D eigenvalue weighted by molar-refractivity contribution is 0.331. The van der Waals surface area contributed by atoms with Gasteiger partial charge in [-0.25, -0.2) is 18.1 Å². The van der Waals surface area contributed by atoms with Crippen molar-refractivity contribution >= 4 is 43.4 Å². The standard InChI is InChI=1S/C20H23BrN6O3S/c1-3-30-16-6-5-15(21)12-17(16)31(28,29)24-11-10-22-19-8-9-20(27-26-19)25-18-7-4-14(2)13-23-18/h4-9,12-13,24H,3,10-11H2,1-2H3,(H,22,26)(H,23,25,27). The second-order valence-corrected chi connectivity index (χ2v) is 9.15.